The second kappa shape index (κ2) is 6.00. The van der Waals surface area contributed by atoms with Gasteiger partial charge in [-0.2, -0.15) is 0 Å². The maximum absolute atomic E-state index is 11.1. The van der Waals surface area contributed by atoms with Crippen LogP contribution in [0.25, 0.3) is 10.9 Å². The Bertz CT molecular complexity index is 918. The summed E-state index contributed by atoms with van der Waals surface area (Å²) in [6.07, 6.45) is 6.73. The third-order valence-corrected chi connectivity index (χ3v) is 4.23. The van der Waals surface area contributed by atoms with Crippen LogP contribution in [0, 0.1) is 0 Å². The molecule has 0 saturated heterocycles. The van der Waals surface area contributed by atoms with Gasteiger partial charge in [0.25, 0.3) is 0 Å². The lowest BCUT2D eigenvalue weighted by atomic mass is 10.0. The SMILES string of the molecule is CC(=O)Nc1cc(Cc2ccc3ncc(C4CC4)cc3c2)ncn1. The van der Waals surface area contributed by atoms with Crippen molar-refractivity contribution < 1.29 is 4.79 Å². The van der Waals surface area contributed by atoms with E-state index in [1.807, 2.05) is 12.3 Å². The van der Waals surface area contributed by atoms with E-state index in [2.05, 4.69) is 44.5 Å². The largest absolute Gasteiger partial charge is 0.311 e. The van der Waals surface area contributed by atoms with Crippen molar-refractivity contribution in [3.8, 4) is 0 Å². The lowest BCUT2D eigenvalue weighted by Crippen LogP contribution is -2.08. The molecule has 0 aliphatic heterocycles. The molecule has 1 aliphatic carbocycles. The van der Waals surface area contributed by atoms with Crippen molar-refractivity contribution in [2.45, 2.75) is 32.1 Å². The Kier molecular flexibility index (Phi) is 3.69. The van der Waals surface area contributed by atoms with Gasteiger partial charge in [-0.05, 0) is 48.1 Å². The van der Waals surface area contributed by atoms with Crippen LogP contribution in [0.3, 0.4) is 0 Å². The second-order valence-electron chi connectivity index (χ2n) is 6.32. The maximum atomic E-state index is 11.1. The molecule has 3 aromatic rings. The Labute approximate surface area is 140 Å². The van der Waals surface area contributed by atoms with Crippen LogP contribution in [-0.2, 0) is 11.2 Å². The van der Waals surface area contributed by atoms with Gasteiger partial charge in [0.1, 0.15) is 12.1 Å². The molecule has 0 unspecified atom stereocenters. The normalized spacial score (nSPS) is 13.9. The van der Waals surface area contributed by atoms with E-state index in [0.29, 0.717) is 18.2 Å². The molecule has 0 bridgehead atoms. The van der Waals surface area contributed by atoms with E-state index in [-0.39, 0.29) is 5.91 Å². The zero-order valence-electron chi connectivity index (χ0n) is 13.5. The number of carbonyl (C=O) groups is 1. The van der Waals surface area contributed by atoms with Gasteiger partial charge in [-0.25, -0.2) is 9.97 Å². The lowest BCUT2D eigenvalue weighted by molar-refractivity contribution is -0.114. The van der Waals surface area contributed by atoms with Gasteiger partial charge < -0.3 is 5.32 Å². The number of amides is 1. The van der Waals surface area contributed by atoms with Gasteiger partial charge in [-0.1, -0.05) is 6.07 Å². The molecule has 1 aliphatic rings. The summed E-state index contributed by atoms with van der Waals surface area (Å²) >= 11 is 0. The van der Waals surface area contributed by atoms with Gasteiger partial charge >= 0.3 is 0 Å². The van der Waals surface area contributed by atoms with Crippen LogP contribution < -0.4 is 5.32 Å². The molecule has 1 amide bonds. The minimum absolute atomic E-state index is 0.135. The number of rotatable bonds is 4. The highest BCUT2D eigenvalue weighted by atomic mass is 16.1. The van der Waals surface area contributed by atoms with Gasteiger partial charge in [0.05, 0.1) is 11.2 Å². The number of aromatic nitrogens is 3. The average molecular weight is 318 g/mol. The molecule has 1 N–H and O–H groups in total. The topological polar surface area (TPSA) is 67.8 Å². The van der Waals surface area contributed by atoms with Crippen molar-refractivity contribution in [3.05, 3.63) is 59.7 Å². The van der Waals surface area contributed by atoms with Crippen molar-refractivity contribution in [2.24, 2.45) is 0 Å². The Morgan fingerprint density at radius 3 is 2.83 bits per heavy atom. The van der Waals surface area contributed by atoms with E-state index in [9.17, 15) is 4.79 Å². The molecule has 4 rings (SSSR count). The summed E-state index contributed by atoms with van der Waals surface area (Å²) < 4.78 is 0. The molecular weight excluding hydrogens is 300 g/mol. The zero-order valence-corrected chi connectivity index (χ0v) is 13.5. The minimum Gasteiger partial charge on any atom is -0.311 e. The maximum Gasteiger partial charge on any atom is 0.222 e. The molecule has 5 nitrogen and oxygen atoms in total. The number of nitrogens with zero attached hydrogens (tertiary/aromatic N) is 3. The van der Waals surface area contributed by atoms with Crippen molar-refractivity contribution in [1.82, 2.24) is 15.0 Å². The van der Waals surface area contributed by atoms with Gasteiger partial charge in [0.2, 0.25) is 5.91 Å². The first-order valence-corrected chi connectivity index (χ1v) is 8.14. The molecule has 120 valence electrons. The molecule has 24 heavy (non-hydrogen) atoms. The van der Waals surface area contributed by atoms with Crippen LogP contribution in [0.5, 0.6) is 0 Å². The first-order chi connectivity index (χ1) is 11.7. The van der Waals surface area contributed by atoms with Crippen LogP contribution >= 0.6 is 0 Å². The minimum atomic E-state index is -0.135. The van der Waals surface area contributed by atoms with E-state index >= 15 is 0 Å². The van der Waals surface area contributed by atoms with Crippen LogP contribution in [-0.4, -0.2) is 20.9 Å². The van der Waals surface area contributed by atoms with Gasteiger partial charge in [-0.3, -0.25) is 9.78 Å². The lowest BCUT2D eigenvalue weighted by Gasteiger charge is -2.06. The number of hydrogen-bond donors (Lipinski definition) is 1. The van der Waals surface area contributed by atoms with Gasteiger partial charge in [-0.15, -0.1) is 0 Å². The quantitative estimate of drug-likeness (QED) is 0.800. The third-order valence-electron chi connectivity index (χ3n) is 4.23. The molecule has 2 heterocycles. The van der Waals surface area contributed by atoms with E-state index < -0.39 is 0 Å². The van der Waals surface area contributed by atoms with Crippen molar-refractivity contribution in [3.63, 3.8) is 0 Å². The molecule has 1 saturated carbocycles. The molecule has 0 spiro atoms. The fourth-order valence-corrected chi connectivity index (χ4v) is 2.90. The molecule has 0 atom stereocenters. The highest BCUT2D eigenvalue weighted by Crippen LogP contribution is 2.40. The van der Waals surface area contributed by atoms with Crippen LogP contribution in [0.2, 0.25) is 0 Å². The van der Waals surface area contributed by atoms with Crippen LogP contribution in [0.4, 0.5) is 5.82 Å². The monoisotopic (exact) mass is 318 g/mol. The first-order valence-electron chi connectivity index (χ1n) is 8.14. The van der Waals surface area contributed by atoms with Crippen molar-refractivity contribution in [1.29, 1.82) is 0 Å². The van der Waals surface area contributed by atoms with Crippen molar-refractivity contribution in [2.75, 3.05) is 5.32 Å². The Balaban J connectivity index is 1.60. The summed E-state index contributed by atoms with van der Waals surface area (Å²) in [6.45, 7) is 1.47. The predicted octanol–water partition coefficient (Wildman–Crippen LogP) is 3.45. The fourth-order valence-electron chi connectivity index (χ4n) is 2.90. The number of anilines is 1. The van der Waals surface area contributed by atoms with E-state index in [1.165, 1.54) is 42.6 Å². The molecular formula is C19H18N4O. The second-order valence-corrected chi connectivity index (χ2v) is 6.32. The molecule has 0 radical (unpaired) electrons. The standard InChI is InChI=1S/C19H18N4O/c1-12(24)23-19-9-17(21-11-22-19)7-13-2-5-18-15(6-13)8-16(10-20-18)14-3-4-14/h2,5-6,8-11,14H,3-4,7H2,1H3,(H,21,22,23,24). The Hall–Kier alpha value is -2.82. The summed E-state index contributed by atoms with van der Waals surface area (Å²) in [5.41, 5.74) is 4.41. The molecule has 1 fully saturated rings. The average Bonchev–Trinajstić information content (AvgIpc) is 3.39. The van der Waals surface area contributed by atoms with Gasteiger partial charge in [0.15, 0.2) is 0 Å². The third kappa shape index (κ3) is 3.25. The zero-order chi connectivity index (χ0) is 16.5. The van der Waals surface area contributed by atoms with Crippen LogP contribution in [0.1, 0.15) is 42.5 Å². The van der Waals surface area contributed by atoms with E-state index in [0.717, 1.165) is 11.2 Å². The van der Waals surface area contributed by atoms with Gasteiger partial charge in [0, 0.05) is 31.0 Å². The molecule has 1 aromatic carbocycles. The molecule has 2 aromatic heterocycles. The highest BCUT2D eigenvalue weighted by molar-refractivity contribution is 5.87. The molecule has 5 heteroatoms. The Morgan fingerprint density at radius 2 is 2.04 bits per heavy atom. The summed E-state index contributed by atoms with van der Waals surface area (Å²) in [4.78, 5) is 24.1. The van der Waals surface area contributed by atoms with Crippen LogP contribution in [0.15, 0.2) is 42.9 Å². The number of fused-ring (bicyclic) bond motifs is 1. The van der Waals surface area contributed by atoms with Crippen molar-refractivity contribution >= 4 is 22.6 Å². The smallest absolute Gasteiger partial charge is 0.222 e. The number of hydrogen-bond acceptors (Lipinski definition) is 4. The number of benzene rings is 1. The summed E-state index contributed by atoms with van der Waals surface area (Å²) in [6, 6.07) is 10.4. The number of pyridine rings is 1. The first kappa shape index (κ1) is 14.8. The van der Waals surface area contributed by atoms with E-state index in [4.69, 9.17) is 0 Å². The fraction of sp³-hybridized carbons (Fsp3) is 0.263. The summed E-state index contributed by atoms with van der Waals surface area (Å²) in [5.74, 6) is 1.10. The summed E-state index contributed by atoms with van der Waals surface area (Å²) in [7, 11) is 0. The highest BCUT2D eigenvalue weighted by Gasteiger charge is 2.23. The number of nitrogens with one attached hydrogen (secondary N) is 1. The number of carbonyl (C=O) groups excluding carboxylic acids is 1. The Morgan fingerprint density at radius 1 is 1.17 bits per heavy atom. The van der Waals surface area contributed by atoms with E-state index in [1.54, 1.807) is 0 Å². The predicted molar refractivity (Wildman–Crippen MR) is 92.9 cm³/mol. The summed E-state index contributed by atoms with van der Waals surface area (Å²) in [5, 5.41) is 3.86.